The van der Waals surface area contributed by atoms with Gasteiger partial charge in [0, 0.05) is 11.4 Å². The van der Waals surface area contributed by atoms with Crippen LogP contribution in [0.5, 0.6) is 0 Å². The van der Waals surface area contributed by atoms with Gasteiger partial charge in [-0.25, -0.2) is 0 Å². The molecule has 0 unspecified atom stereocenters. The maximum atomic E-state index is 12.1. The van der Waals surface area contributed by atoms with Crippen LogP contribution in [0.1, 0.15) is 101 Å². The van der Waals surface area contributed by atoms with Crippen LogP contribution in [0.15, 0.2) is 36.4 Å². The number of hydrogen-bond donors (Lipinski definition) is 4. The highest BCUT2D eigenvalue weighted by molar-refractivity contribution is 6.98. The highest BCUT2D eigenvalue weighted by Crippen LogP contribution is 2.43. The molecular weight excluding hydrogens is 581 g/mol. The predicted molar refractivity (Wildman–Crippen MR) is 182 cm³/mol. The minimum Gasteiger partial charge on any atom is -0.374 e. The molecule has 0 saturated heterocycles. The van der Waals surface area contributed by atoms with Crippen molar-refractivity contribution in [3.63, 3.8) is 0 Å². The van der Waals surface area contributed by atoms with E-state index in [4.69, 9.17) is 4.12 Å². The van der Waals surface area contributed by atoms with Crippen LogP contribution in [0.4, 0.5) is 11.4 Å². The van der Waals surface area contributed by atoms with E-state index in [0.29, 0.717) is 0 Å². The molecule has 2 aromatic carbocycles. The van der Waals surface area contributed by atoms with Crippen molar-refractivity contribution >= 4 is 45.8 Å². The monoisotopic (exact) mass is 636 g/mol. The van der Waals surface area contributed by atoms with E-state index in [1.54, 1.807) is 8.46 Å². The molecule has 232 valence electrons. The lowest BCUT2D eigenvalue weighted by Gasteiger charge is -2.49. The summed E-state index contributed by atoms with van der Waals surface area (Å²) in [6.07, 6.45) is 0. The Kier molecular flexibility index (Phi) is 11.2. The summed E-state index contributed by atoms with van der Waals surface area (Å²) in [7, 11) is -15.0. The van der Waals surface area contributed by atoms with Crippen LogP contribution in [0.25, 0.3) is 0 Å². The molecule has 7 nitrogen and oxygen atoms in total. The fourth-order valence-electron chi connectivity index (χ4n) is 5.65. The number of nitrogens with zero attached hydrogens (tertiary/aromatic N) is 2. The molecule has 0 bridgehead atoms. The van der Waals surface area contributed by atoms with Crippen LogP contribution in [0.2, 0.25) is 39.3 Å². The minimum atomic E-state index is -4.93. The van der Waals surface area contributed by atoms with Gasteiger partial charge in [0.05, 0.1) is 0 Å². The quantitative estimate of drug-likeness (QED) is 0.186. The smallest absolute Gasteiger partial charge is 0.374 e. The molecule has 0 radical (unpaired) electrons. The van der Waals surface area contributed by atoms with E-state index >= 15 is 0 Å². The summed E-state index contributed by atoms with van der Waals surface area (Å²) < 4.78 is 9.43. The maximum absolute atomic E-state index is 12.1. The molecule has 0 spiro atoms. The number of rotatable bonds is 12. The summed E-state index contributed by atoms with van der Waals surface area (Å²) in [6, 6.07) is 12.1. The Hall–Kier alpha value is -1.29. The lowest BCUT2D eigenvalue weighted by Crippen LogP contribution is -2.76. The Balaban J connectivity index is 2.88. The molecule has 0 heterocycles. The zero-order chi connectivity index (χ0) is 31.9. The first-order chi connectivity index (χ1) is 18.4. The van der Waals surface area contributed by atoms with Gasteiger partial charge in [0.2, 0.25) is 0 Å². The lowest BCUT2D eigenvalue weighted by atomic mass is 9.93. The van der Waals surface area contributed by atoms with E-state index in [2.05, 4.69) is 55.4 Å². The summed E-state index contributed by atoms with van der Waals surface area (Å²) >= 11 is 0. The van der Waals surface area contributed by atoms with Gasteiger partial charge in [-0.2, -0.15) is 0 Å². The molecular formula is C30H56N2O5Si4. The van der Waals surface area contributed by atoms with Crippen LogP contribution in [-0.4, -0.2) is 53.6 Å². The normalized spacial score (nSPS) is 13.6. The van der Waals surface area contributed by atoms with Gasteiger partial charge in [-0.05, 0) is 45.9 Å². The Bertz CT molecular complexity index is 1040. The van der Waals surface area contributed by atoms with E-state index in [0.717, 1.165) is 33.6 Å². The van der Waals surface area contributed by atoms with Gasteiger partial charge >= 0.3 is 17.9 Å². The molecule has 41 heavy (non-hydrogen) atoms. The van der Waals surface area contributed by atoms with E-state index < -0.39 is 34.4 Å². The molecule has 0 atom stereocenters. The summed E-state index contributed by atoms with van der Waals surface area (Å²) in [4.78, 5) is 48.3. The third-order valence-corrected chi connectivity index (χ3v) is 20.0. The van der Waals surface area contributed by atoms with Gasteiger partial charge in [-0.1, -0.05) is 131 Å². The average molecular weight is 637 g/mol. The summed E-state index contributed by atoms with van der Waals surface area (Å²) in [6.45, 7) is 28.9. The number of para-hydroxylation sites is 2. The summed E-state index contributed by atoms with van der Waals surface area (Å²) in [5.41, 5.74) is 5.45. The molecule has 11 heteroatoms. The molecule has 0 aliphatic carbocycles. The third-order valence-electron chi connectivity index (χ3n) is 7.33. The van der Waals surface area contributed by atoms with Gasteiger partial charge in [0.15, 0.2) is 0 Å². The van der Waals surface area contributed by atoms with Gasteiger partial charge in [0.25, 0.3) is 0 Å². The SMILES string of the molecule is CC(C)c1cccc(C(C)C)c1N([Si](C)(C)C)[Si](O)(O)O[Si](O)(O)N(c1c(C(C)C)cccc1C(C)C)[Si](C)(C)C. The fourth-order valence-corrected chi connectivity index (χ4v) is 18.6. The highest BCUT2D eigenvalue weighted by Gasteiger charge is 2.60. The second-order valence-electron chi connectivity index (χ2n) is 14.5. The van der Waals surface area contributed by atoms with Crippen molar-refractivity contribution < 1.29 is 23.3 Å². The van der Waals surface area contributed by atoms with E-state index in [1.807, 2.05) is 75.7 Å². The van der Waals surface area contributed by atoms with E-state index in [9.17, 15) is 19.2 Å². The maximum Gasteiger partial charge on any atom is 0.613 e. The average Bonchev–Trinajstić information content (AvgIpc) is 2.75. The summed E-state index contributed by atoms with van der Waals surface area (Å²) in [5, 5.41) is 0. The Morgan fingerprint density at radius 2 is 0.707 bits per heavy atom. The number of anilines is 2. The number of hydrogen-bond acceptors (Lipinski definition) is 7. The van der Waals surface area contributed by atoms with E-state index in [-0.39, 0.29) is 23.7 Å². The van der Waals surface area contributed by atoms with Crippen LogP contribution in [0, 0.1) is 0 Å². The minimum absolute atomic E-state index is 0.114. The first-order valence-electron chi connectivity index (χ1n) is 14.9. The second kappa shape index (κ2) is 12.7. The summed E-state index contributed by atoms with van der Waals surface area (Å²) in [5.74, 6) is 0.454. The van der Waals surface area contributed by atoms with Crippen molar-refractivity contribution in [2.24, 2.45) is 0 Å². The molecule has 0 saturated carbocycles. The van der Waals surface area contributed by atoms with Gasteiger partial charge < -0.3 is 31.8 Å². The van der Waals surface area contributed by atoms with Crippen molar-refractivity contribution in [2.45, 2.75) is 118 Å². The predicted octanol–water partition coefficient (Wildman–Crippen LogP) is 7.02. The highest BCUT2D eigenvalue weighted by atomic mass is 28.5. The molecule has 2 aromatic rings. The molecule has 2 rings (SSSR count). The van der Waals surface area contributed by atoms with Gasteiger partial charge in [-0.3, -0.25) is 0 Å². The first-order valence-corrected chi connectivity index (χ1v) is 25.3. The molecule has 0 amide bonds. The second-order valence-corrected chi connectivity index (χ2v) is 28.9. The van der Waals surface area contributed by atoms with Gasteiger partial charge in [0.1, 0.15) is 16.5 Å². The molecule has 4 N–H and O–H groups in total. The zero-order valence-electron chi connectivity index (χ0n) is 27.9. The number of benzene rings is 2. The Labute approximate surface area is 253 Å². The van der Waals surface area contributed by atoms with Crippen LogP contribution in [-0.2, 0) is 4.12 Å². The topological polar surface area (TPSA) is 96.6 Å². The van der Waals surface area contributed by atoms with Crippen molar-refractivity contribution in [3.8, 4) is 0 Å². The van der Waals surface area contributed by atoms with Crippen LogP contribution >= 0.6 is 0 Å². The molecule has 0 fully saturated rings. The molecule has 0 aliphatic rings. The van der Waals surface area contributed by atoms with Crippen molar-refractivity contribution in [1.29, 1.82) is 0 Å². The van der Waals surface area contributed by atoms with Crippen LogP contribution in [0.3, 0.4) is 0 Å². The van der Waals surface area contributed by atoms with Crippen molar-refractivity contribution in [1.82, 2.24) is 0 Å². The third kappa shape index (κ3) is 8.01. The first kappa shape index (κ1) is 35.9. The zero-order valence-corrected chi connectivity index (χ0v) is 31.9. The Morgan fingerprint density at radius 1 is 0.488 bits per heavy atom. The fraction of sp³-hybridized carbons (Fsp3) is 0.600. The van der Waals surface area contributed by atoms with Crippen LogP contribution < -0.4 is 8.46 Å². The standard InChI is InChI=1S/C30H56N2O5Si4/c1-21(2)25-17-15-18-26(22(3)4)29(25)31(38(9,10)11)40(33,34)37-41(35,36)32(39(12,13)14)30-27(23(5)6)19-16-20-28(30)24(7)8/h15-24,33-36H,1-14H3. The van der Waals surface area contributed by atoms with E-state index in [1.165, 1.54) is 0 Å². The Morgan fingerprint density at radius 3 is 0.878 bits per heavy atom. The van der Waals surface area contributed by atoms with Crippen molar-refractivity contribution in [2.75, 3.05) is 8.46 Å². The largest absolute Gasteiger partial charge is 0.613 e. The van der Waals surface area contributed by atoms with Crippen molar-refractivity contribution in [3.05, 3.63) is 58.7 Å². The molecule has 0 aliphatic heterocycles. The van der Waals surface area contributed by atoms with Gasteiger partial charge in [-0.15, -0.1) is 0 Å². The molecule has 0 aromatic heterocycles. The lowest BCUT2D eigenvalue weighted by molar-refractivity contribution is 0.157.